The van der Waals surface area contributed by atoms with Crippen LogP contribution in [0.15, 0.2) is 29.2 Å². The van der Waals surface area contributed by atoms with Gasteiger partial charge in [0.2, 0.25) is 10.0 Å². The Morgan fingerprint density at radius 1 is 1.23 bits per heavy atom. The zero-order chi connectivity index (χ0) is 16.5. The van der Waals surface area contributed by atoms with Crippen LogP contribution in [-0.4, -0.2) is 14.3 Å². The molecule has 5 nitrogen and oxygen atoms in total. The normalized spacial score (nSPS) is 11.5. The SMILES string of the molecule is CCc1sc(C(=O)Nc2ccc(C)c(S(N)(=O)=O)c2)cc1C. The maximum atomic E-state index is 12.3. The van der Waals surface area contributed by atoms with E-state index >= 15 is 0 Å². The van der Waals surface area contributed by atoms with E-state index < -0.39 is 10.0 Å². The predicted molar refractivity (Wildman–Crippen MR) is 88.9 cm³/mol. The van der Waals surface area contributed by atoms with Crippen LogP contribution in [0.1, 0.15) is 32.6 Å². The lowest BCUT2D eigenvalue weighted by Crippen LogP contribution is -2.15. The Balaban J connectivity index is 2.29. The molecule has 0 aliphatic carbocycles. The number of amides is 1. The summed E-state index contributed by atoms with van der Waals surface area (Å²) >= 11 is 1.44. The number of sulfonamides is 1. The zero-order valence-corrected chi connectivity index (χ0v) is 14.3. The Kier molecular flexibility index (Phi) is 4.69. The molecule has 1 aromatic heterocycles. The fraction of sp³-hybridized carbons (Fsp3) is 0.267. The molecule has 7 heteroatoms. The molecule has 1 aromatic carbocycles. The average molecular weight is 338 g/mol. The Labute approximate surface area is 134 Å². The lowest BCUT2D eigenvalue weighted by atomic mass is 10.2. The lowest BCUT2D eigenvalue weighted by molar-refractivity contribution is 0.103. The zero-order valence-electron chi connectivity index (χ0n) is 12.6. The third-order valence-electron chi connectivity index (χ3n) is 3.32. The third kappa shape index (κ3) is 3.55. The van der Waals surface area contributed by atoms with Crippen molar-refractivity contribution < 1.29 is 13.2 Å². The number of benzene rings is 1. The van der Waals surface area contributed by atoms with Crippen molar-refractivity contribution in [2.45, 2.75) is 32.1 Å². The monoisotopic (exact) mass is 338 g/mol. The van der Waals surface area contributed by atoms with Crippen molar-refractivity contribution >= 4 is 33.0 Å². The van der Waals surface area contributed by atoms with Crippen molar-refractivity contribution in [1.29, 1.82) is 0 Å². The molecule has 0 radical (unpaired) electrons. The molecule has 0 atom stereocenters. The van der Waals surface area contributed by atoms with E-state index in [9.17, 15) is 13.2 Å². The van der Waals surface area contributed by atoms with Gasteiger partial charge in [-0.05, 0) is 49.6 Å². The van der Waals surface area contributed by atoms with Gasteiger partial charge in [0, 0.05) is 10.6 Å². The van der Waals surface area contributed by atoms with Crippen molar-refractivity contribution in [1.82, 2.24) is 0 Å². The fourth-order valence-electron chi connectivity index (χ4n) is 2.16. The maximum Gasteiger partial charge on any atom is 0.265 e. The van der Waals surface area contributed by atoms with Gasteiger partial charge >= 0.3 is 0 Å². The summed E-state index contributed by atoms with van der Waals surface area (Å²) in [6.45, 7) is 5.66. The van der Waals surface area contributed by atoms with Gasteiger partial charge in [-0.3, -0.25) is 4.79 Å². The summed E-state index contributed by atoms with van der Waals surface area (Å²) in [5.74, 6) is -0.253. The van der Waals surface area contributed by atoms with E-state index in [4.69, 9.17) is 5.14 Å². The highest BCUT2D eigenvalue weighted by atomic mass is 32.2. The molecule has 1 amide bonds. The molecule has 2 rings (SSSR count). The van der Waals surface area contributed by atoms with E-state index in [-0.39, 0.29) is 10.8 Å². The first-order valence-corrected chi connectivity index (χ1v) is 9.12. The van der Waals surface area contributed by atoms with Crippen molar-refractivity contribution in [2.24, 2.45) is 5.14 Å². The molecule has 3 N–H and O–H groups in total. The molecule has 0 aliphatic rings. The number of nitrogens with two attached hydrogens (primary N) is 1. The minimum Gasteiger partial charge on any atom is -0.321 e. The summed E-state index contributed by atoms with van der Waals surface area (Å²) in [4.78, 5) is 14.0. The number of nitrogens with one attached hydrogen (secondary N) is 1. The van der Waals surface area contributed by atoms with Crippen LogP contribution < -0.4 is 10.5 Å². The minimum atomic E-state index is -3.81. The molecule has 1 heterocycles. The quantitative estimate of drug-likeness (QED) is 0.898. The van der Waals surface area contributed by atoms with Crippen molar-refractivity contribution in [3.05, 3.63) is 45.1 Å². The van der Waals surface area contributed by atoms with E-state index in [0.29, 0.717) is 16.1 Å². The molecule has 0 spiro atoms. The molecule has 0 saturated carbocycles. The van der Waals surface area contributed by atoms with Crippen LogP contribution in [0.3, 0.4) is 0 Å². The molecular weight excluding hydrogens is 320 g/mol. The lowest BCUT2D eigenvalue weighted by Gasteiger charge is -2.08. The smallest absolute Gasteiger partial charge is 0.265 e. The molecule has 118 valence electrons. The van der Waals surface area contributed by atoms with Crippen LogP contribution in [-0.2, 0) is 16.4 Å². The Hall–Kier alpha value is -1.70. The highest BCUT2D eigenvalue weighted by Crippen LogP contribution is 2.24. The van der Waals surface area contributed by atoms with E-state index in [1.165, 1.54) is 22.3 Å². The second kappa shape index (κ2) is 6.20. The van der Waals surface area contributed by atoms with Crippen LogP contribution in [0.5, 0.6) is 0 Å². The highest BCUT2D eigenvalue weighted by molar-refractivity contribution is 7.89. The number of anilines is 1. The van der Waals surface area contributed by atoms with Gasteiger partial charge in [-0.2, -0.15) is 0 Å². The molecular formula is C15H18N2O3S2. The highest BCUT2D eigenvalue weighted by Gasteiger charge is 2.15. The molecule has 0 bridgehead atoms. The van der Waals surface area contributed by atoms with Crippen molar-refractivity contribution in [3.63, 3.8) is 0 Å². The van der Waals surface area contributed by atoms with Gasteiger partial charge in [0.15, 0.2) is 0 Å². The van der Waals surface area contributed by atoms with Gasteiger partial charge in [0.05, 0.1) is 9.77 Å². The standard InChI is InChI=1S/C15H18N2O3S2/c1-4-12-10(3)7-13(21-12)15(18)17-11-6-5-9(2)14(8-11)22(16,19)20/h5-8H,4H2,1-3H3,(H,17,18)(H2,16,19,20). The minimum absolute atomic E-state index is 0.0157. The topological polar surface area (TPSA) is 89.3 Å². The first-order valence-electron chi connectivity index (χ1n) is 6.76. The van der Waals surface area contributed by atoms with Gasteiger partial charge in [0.1, 0.15) is 0 Å². The second-order valence-electron chi connectivity index (χ2n) is 5.05. The Morgan fingerprint density at radius 3 is 2.45 bits per heavy atom. The Morgan fingerprint density at radius 2 is 1.91 bits per heavy atom. The summed E-state index contributed by atoms with van der Waals surface area (Å²) in [5, 5.41) is 7.89. The number of hydrogen-bond acceptors (Lipinski definition) is 4. The van der Waals surface area contributed by atoms with Crippen LogP contribution in [0.25, 0.3) is 0 Å². The van der Waals surface area contributed by atoms with E-state index in [0.717, 1.165) is 12.0 Å². The molecule has 0 fully saturated rings. The summed E-state index contributed by atoms with van der Waals surface area (Å²) in [6.07, 6.45) is 0.879. The fourth-order valence-corrected chi connectivity index (χ4v) is 3.98. The second-order valence-corrected chi connectivity index (χ2v) is 7.72. The van der Waals surface area contributed by atoms with Crippen molar-refractivity contribution in [3.8, 4) is 0 Å². The Bertz CT molecular complexity index is 823. The van der Waals surface area contributed by atoms with Crippen LogP contribution in [0.2, 0.25) is 0 Å². The first-order chi connectivity index (χ1) is 10.2. The van der Waals surface area contributed by atoms with E-state index in [1.54, 1.807) is 19.1 Å². The average Bonchev–Trinajstić information content (AvgIpc) is 2.81. The summed E-state index contributed by atoms with van der Waals surface area (Å²) in [5.41, 5.74) is 2.04. The number of aryl methyl sites for hydroxylation is 3. The van der Waals surface area contributed by atoms with Crippen molar-refractivity contribution in [2.75, 3.05) is 5.32 Å². The molecule has 0 saturated heterocycles. The largest absolute Gasteiger partial charge is 0.321 e. The van der Waals surface area contributed by atoms with Gasteiger partial charge in [-0.25, -0.2) is 13.6 Å². The van der Waals surface area contributed by atoms with E-state index in [1.807, 2.05) is 19.9 Å². The number of thiophene rings is 1. The molecule has 0 unspecified atom stereocenters. The number of carbonyl (C=O) groups is 1. The first kappa shape index (κ1) is 16.7. The van der Waals surface area contributed by atoms with Gasteiger partial charge in [-0.1, -0.05) is 13.0 Å². The van der Waals surface area contributed by atoms with Gasteiger partial charge in [-0.15, -0.1) is 11.3 Å². The molecule has 22 heavy (non-hydrogen) atoms. The molecule has 0 aliphatic heterocycles. The predicted octanol–water partition coefficient (Wildman–Crippen LogP) is 2.83. The summed E-state index contributed by atoms with van der Waals surface area (Å²) < 4.78 is 23.0. The van der Waals surface area contributed by atoms with Gasteiger partial charge < -0.3 is 5.32 Å². The van der Waals surface area contributed by atoms with E-state index in [2.05, 4.69) is 5.32 Å². The maximum absolute atomic E-state index is 12.3. The molecule has 2 aromatic rings. The van der Waals surface area contributed by atoms with Crippen LogP contribution >= 0.6 is 11.3 Å². The number of primary sulfonamides is 1. The summed E-state index contributed by atoms with van der Waals surface area (Å²) in [6, 6.07) is 6.49. The third-order valence-corrected chi connectivity index (χ3v) is 5.75. The van der Waals surface area contributed by atoms with Crippen LogP contribution in [0, 0.1) is 13.8 Å². The number of hydrogen-bond donors (Lipinski definition) is 2. The number of carbonyl (C=O) groups excluding carboxylic acids is 1. The van der Waals surface area contributed by atoms with Gasteiger partial charge in [0.25, 0.3) is 5.91 Å². The number of rotatable bonds is 4. The van der Waals surface area contributed by atoms with Crippen LogP contribution in [0.4, 0.5) is 5.69 Å². The summed E-state index contributed by atoms with van der Waals surface area (Å²) in [7, 11) is -3.81.